The minimum atomic E-state index is 0.0252. The van der Waals surface area contributed by atoms with Crippen LogP contribution in [0.25, 0.3) is 0 Å². The molecule has 154 valence electrons. The summed E-state index contributed by atoms with van der Waals surface area (Å²) in [5.41, 5.74) is 1.16. The lowest BCUT2D eigenvalue weighted by Gasteiger charge is -2.46. The van der Waals surface area contributed by atoms with Crippen LogP contribution in [-0.4, -0.2) is 67.4 Å². The Morgan fingerprint density at radius 3 is 2.54 bits per heavy atom. The van der Waals surface area contributed by atoms with E-state index >= 15 is 0 Å². The first-order valence-electron chi connectivity index (χ1n) is 10.8. The Morgan fingerprint density at radius 1 is 1.00 bits per heavy atom. The Kier molecular flexibility index (Phi) is 6.37. The summed E-state index contributed by atoms with van der Waals surface area (Å²) in [5.74, 6) is 0.895. The number of ether oxygens (including phenoxy) is 2. The number of rotatable bonds is 3. The largest absolute Gasteiger partial charge is 0.491 e. The van der Waals surface area contributed by atoms with Gasteiger partial charge in [0.25, 0.3) is 0 Å². The monoisotopic (exact) mass is 387 g/mol. The molecule has 0 unspecified atom stereocenters. The van der Waals surface area contributed by atoms with Gasteiger partial charge in [0.15, 0.2) is 0 Å². The van der Waals surface area contributed by atoms with Gasteiger partial charge in [-0.15, -0.1) is 0 Å². The third-order valence-electron chi connectivity index (χ3n) is 6.52. The van der Waals surface area contributed by atoms with Crippen molar-refractivity contribution in [2.75, 3.05) is 46.0 Å². The number of hydrogen-bond acceptors (Lipinski definition) is 4. The Hall–Kier alpha value is -1.79. The zero-order valence-electron chi connectivity index (χ0n) is 16.8. The van der Waals surface area contributed by atoms with E-state index in [0.717, 1.165) is 44.2 Å². The maximum Gasteiger partial charge on any atom is 0.317 e. The van der Waals surface area contributed by atoms with Crippen molar-refractivity contribution >= 4 is 6.03 Å². The first-order valence-corrected chi connectivity index (χ1v) is 10.8. The number of carbonyl (C=O) groups is 1. The fourth-order valence-corrected chi connectivity index (χ4v) is 4.88. The number of nitrogens with one attached hydrogen (secondary N) is 1. The summed E-state index contributed by atoms with van der Waals surface area (Å²) in [6.07, 6.45) is 7.44. The van der Waals surface area contributed by atoms with E-state index < -0.39 is 0 Å². The van der Waals surface area contributed by atoms with Crippen LogP contribution < -0.4 is 10.1 Å². The van der Waals surface area contributed by atoms with Crippen LogP contribution in [-0.2, 0) is 11.3 Å². The quantitative estimate of drug-likeness (QED) is 0.810. The van der Waals surface area contributed by atoms with Gasteiger partial charge >= 0.3 is 6.03 Å². The molecular weight excluding hydrogens is 354 g/mol. The number of morpholine rings is 1. The van der Waals surface area contributed by atoms with Crippen LogP contribution in [0.3, 0.4) is 0 Å². The van der Waals surface area contributed by atoms with Crippen LogP contribution in [0.2, 0.25) is 0 Å². The Labute approximate surface area is 168 Å². The van der Waals surface area contributed by atoms with Gasteiger partial charge in [0.2, 0.25) is 0 Å². The Balaban J connectivity index is 1.42. The van der Waals surface area contributed by atoms with Gasteiger partial charge in [-0.1, -0.05) is 43.9 Å². The molecule has 4 rings (SSSR count). The van der Waals surface area contributed by atoms with Crippen molar-refractivity contribution in [2.24, 2.45) is 0 Å². The van der Waals surface area contributed by atoms with Gasteiger partial charge in [-0.2, -0.15) is 0 Å². The average molecular weight is 388 g/mol. The molecule has 28 heavy (non-hydrogen) atoms. The molecule has 2 fully saturated rings. The van der Waals surface area contributed by atoms with Crippen LogP contribution >= 0.6 is 0 Å². The van der Waals surface area contributed by atoms with E-state index in [1.165, 1.54) is 38.5 Å². The predicted octanol–water partition coefficient (Wildman–Crippen LogP) is 3.02. The average Bonchev–Trinajstić information content (AvgIpc) is 3.12. The predicted molar refractivity (Wildman–Crippen MR) is 109 cm³/mol. The number of fused-ring (bicyclic) bond motifs is 1. The highest BCUT2D eigenvalue weighted by Gasteiger charge is 2.38. The van der Waals surface area contributed by atoms with Crippen LogP contribution in [0.15, 0.2) is 24.3 Å². The molecule has 1 saturated heterocycles. The van der Waals surface area contributed by atoms with Crippen LogP contribution in [0.1, 0.15) is 44.1 Å². The molecule has 1 saturated carbocycles. The maximum atomic E-state index is 13.0. The van der Waals surface area contributed by atoms with Gasteiger partial charge in [0.05, 0.1) is 26.3 Å². The van der Waals surface area contributed by atoms with Gasteiger partial charge in [-0.05, 0) is 18.9 Å². The summed E-state index contributed by atoms with van der Waals surface area (Å²) < 4.78 is 11.4. The molecule has 6 heteroatoms. The van der Waals surface area contributed by atoms with E-state index in [2.05, 4.69) is 10.2 Å². The molecule has 0 radical (unpaired) electrons. The number of benzene rings is 1. The van der Waals surface area contributed by atoms with E-state index in [-0.39, 0.29) is 11.6 Å². The molecular formula is C22H33N3O3. The minimum absolute atomic E-state index is 0.0252. The Morgan fingerprint density at radius 2 is 1.75 bits per heavy atom. The highest BCUT2D eigenvalue weighted by atomic mass is 16.5. The number of para-hydroxylation sites is 1. The highest BCUT2D eigenvalue weighted by Crippen LogP contribution is 2.33. The van der Waals surface area contributed by atoms with E-state index in [1.807, 2.05) is 29.2 Å². The molecule has 1 N–H and O–H groups in total. The van der Waals surface area contributed by atoms with E-state index in [4.69, 9.17) is 9.47 Å². The minimum Gasteiger partial charge on any atom is -0.491 e. The number of nitrogens with zero attached hydrogens (tertiary/aromatic N) is 2. The molecule has 3 aliphatic rings. The molecule has 2 heterocycles. The molecule has 1 aromatic rings. The van der Waals surface area contributed by atoms with Crippen molar-refractivity contribution in [3.8, 4) is 5.75 Å². The summed E-state index contributed by atoms with van der Waals surface area (Å²) in [4.78, 5) is 17.5. The lowest BCUT2D eigenvalue weighted by Crippen LogP contribution is -2.59. The van der Waals surface area contributed by atoms with Crippen molar-refractivity contribution in [1.29, 1.82) is 0 Å². The second-order valence-electron chi connectivity index (χ2n) is 8.27. The third-order valence-corrected chi connectivity index (χ3v) is 6.52. The lowest BCUT2D eigenvalue weighted by atomic mass is 9.87. The number of amides is 2. The molecule has 2 amide bonds. The van der Waals surface area contributed by atoms with E-state index in [9.17, 15) is 4.79 Å². The van der Waals surface area contributed by atoms with Gasteiger partial charge in [-0.3, -0.25) is 4.90 Å². The van der Waals surface area contributed by atoms with Crippen molar-refractivity contribution in [2.45, 2.75) is 50.6 Å². The second-order valence-corrected chi connectivity index (χ2v) is 8.27. The molecule has 0 atom stereocenters. The second kappa shape index (κ2) is 9.14. The molecule has 1 aromatic carbocycles. The third kappa shape index (κ3) is 4.44. The zero-order chi connectivity index (χ0) is 19.2. The van der Waals surface area contributed by atoms with E-state index in [0.29, 0.717) is 19.7 Å². The summed E-state index contributed by atoms with van der Waals surface area (Å²) in [6, 6.07) is 8.03. The molecule has 6 nitrogen and oxygen atoms in total. The maximum absolute atomic E-state index is 13.0. The zero-order valence-corrected chi connectivity index (χ0v) is 16.8. The molecule has 0 bridgehead atoms. The molecule has 0 aromatic heterocycles. The first-order chi connectivity index (χ1) is 13.8. The van der Waals surface area contributed by atoms with E-state index in [1.54, 1.807) is 0 Å². The number of urea groups is 1. The smallest absolute Gasteiger partial charge is 0.317 e. The fraction of sp³-hybridized carbons (Fsp3) is 0.682. The fourth-order valence-electron chi connectivity index (χ4n) is 4.88. The summed E-state index contributed by atoms with van der Waals surface area (Å²) in [7, 11) is 0. The van der Waals surface area contributed by atoms with Gasteiger partial charge < -0.3 is 19.7 Å². The SMILES string of the molecule is O=C(NCC1(N2CCOCC2)CCCCCC1)N1CCOc2ccccc2C1. The molecule has 2 aliphatic heterocycles. The summed E-state index contributed by atoms with van der Waals surface area (Å²) in [6.45, 7) is 6.04. The summed E-state index contributed by atoms with van der Waals surface area (Å²) in [5, 5.41) is 3.30. The van der Waals surface area contributed by atoms with Crippen molar-refractivity contribution in [3.05, 3.63) is 29.8 Å². The van der Waals surface area contributed by atoms with Crippen LogP contribution in [0.5, 0.6) is 5.75 Å². The summed E-state index contributed by atoms with van der Waals surface area (Å²) >= 11 is 0. The number of carbonyl (C=O) groups excluding carboxylic acids is 1. The van der Waals surface area contributed by atoms with Crippen LogP contribution in [0, 0.1) is 0 Å². The van der Waals surface area contributed by atoms with Crippen molar-refractivity contribution in [1.82, 2.24) is 15.1 Å². The standard InChI is InChI=1S/C22H33N3O3/c26-21(24-11-16-28-20-8-4-3-7-19(20)17-24)23-18-22(9-5-1-2-6-10-22)25-12-14-27-15-13-25/h3-4,7-8H,1-2,5-6,9-18H2,(H,23,26). The topological polar surface area (TPSA) is 54.0 Å². The molecule has 0 spiro atoms. The van der Waals surface area contributed by atoms with Gasteiger partial charge in [0, 0.05) is 30.7 Å². The number of hydrogen-bond donors (Lipinski definition) is 1. The normalized spacial score (nSPS) is 23.1. The van der Waals surface area contributed by atoms with Gasteiger partial charge in [-0.25, -0.2) is 4.79 Å². The first kappa shape index (κ1) is 19.5. The highest BCUT2D eigenvalue weighted by molar-refractivity contribution is 5.74. The Bertz CT molecular complexity index is 652. The molecule has 1 aliphatic carbocycles. The van der Waals surface area contributed by atoms with Crippen molar-refractivity contribution in [3.63, 3.8) is 0 Å². The van der Waals surface area contributed by atoms with Crippen LogP contribution in [0.4, 0.5) is 4.79 Å². The van der Waals surface area contributed by atoms with Gasteiger partial charge in [0.1, 0.15) is 12.4 Å². The van der Waals surface area contributed by atoms with Crippen molar-refractivity contribution < 1.29 is 14.3 Å². The lowest BCUT2D eigenvalue weighted by molar-refractivity contribution is -0.0280.